The number of halogens is 2. The van der Waals surface area contributed by atoms with Gasteiger partial charge >= 0.3 is 0 Å². The van der Waals surface area contributed by atoms with Crippen LogP contribution in [-0.4, -0.2) is 16.1 Å². The number of hydrogen-bond acceptors (Lipinski definition) is 2. The van der Waals surface area contributed by atoms with E-state index in [9.17, 15) is 9.18 Å². The molecule has 1 aromatic carbocycles. The molecule has 2 aromatic rings. The van der Waals surface area contributed by atoms with Crippen molar-refractivity contribution in [3.63, 3.8) is 0 Å². The molecule has 2 rings (SSSR count). The number of nitrogens with zero attached hydrogens (tertiary/aromatic N) is 1. The number of aromatic nitrogens is 2. The van der Waals surface area contributed by atoms with Crippen molar-refractivity contribution in [2.45, 2.75) is 0 Å². The van der Waals surface area contributed by atoms with Crippen LogP contribution in [0.15, 0.2) is 30.5 Å². The topological polar surface area (TPSA) is 57.8 Å². The normalized spacial score (nSPS) is 10.1. The summed E-state index contributed by atoms with van der Waals surface area (Å²) >= 11 is 5.67. The number of carbonyl (C=O) groups excluding carboxylic acids is 1. The molecule has 0 fully saturated rings. The fourth-order valence-electron chi connectivity index (χ4n) is 1.19. The lowest BCUT2D eigenvalue weighted by atomic mass is 10.2. The van der Waals surface area contributed by atoms with Crippen molar-refractivity contribution in [1.82, 2.24) is 10.2 Å². The summed E-state index contributed by atoms with van der Waals surface area (Å²) in [6, 6.07) is 5.63. The van der Waals surface area contributed by atoms with Crippen molar-refractivity contribution in [3.05, 3.63) is 46.9 Å². The van der Waals surface area contributed by atoms with Crippen molar-refractivity contribution in [3.8, 4) is 0 Å². The molecule has 0 spiro atoms. The second kappa shape index (κ2) is 4.32. The molecule has 0 aliphatic carbocycles. The maximum absolute atomic E-state index is 13.1. The van der Waals surface area contributed by atoms with E-state index in [0.29, 0.717) is 5.82 Å². The lowest BCUT2D eigenvalue weighted by molar-refractivity contribution is 0.102. The van der Waals surface area contributed by atoms with Gasteiger partial charge in [-0.1, -0.05) is 17.7 Å². The average molecular weight is 240 g/mol. The van der Waals surface area contributed by atoms with Crippen molar-refractivity contribution < 1.29 is 9.18 Å². The third kappa shape index (κ3) is 2.04. The molecule has 1 aromatic heterocycles. The molecule has 2 N–H and O–H groups in total. The van der Waals surface area contributed by atoms with Gasteiger partial charge in [-0.05, 0) is 12.1 Å². The second-order valence-corrected chi connectivity index (χ2v) is 3.40. The highest BCUT2D eigenvalue weighted by atomic mass is 35.5. The van der Waals surface area contributed by atoms with E-state index >= 15 is 0 Å². The molecule has 4 nitrogen and oxygen atoms in total. The van der Waals surface area contributed by atoms with E-state index in [0.717, 1.165) is 0 Å². The minimum Gasteiger partial charge on any atom is -0.307 e. The molecule has 0 bridgehead atoms. The maximum Gasteiger partial charge on any atom is 0.258 e. The van der Waals surface area contributed by atoms with E-state index in [1.165, 1.54) is 24.4 Å². The quantitative estimate of drug-likeness (QED) is 0.846. The highest BCUT2D eigenvalue weighted by molar-refractivity contribution is 6.34. The number of amides is 1. The molecule has 1 amide bonds. The van der Waals surface area contributed by atoms with Crippen molar-refractivity contribution in [2.24, 2.45) is 0 Å². The first kappa shape index (κ1) is 10.6. The summed E-state index contributed by atoms with van der Waals surface area (Å²) in [5, 5.41) is 8.52. The summed E-state index contributed by atoms with van der Waals surface area (Å²) in [4.78, 5) is 11.7. The summed E-state index contributed by atoms with van der Waals surface area (Å²) in [5.41, 5.74) is 0.0799. The molecule has 0 atom stereocenters. The minimum absolute atomic E-state index is 0.0799. The average Bonchev–Trinajstić information content (AvgIpc) is 2.74. The molecule has 0 saturated carbocycles. The van der Waals surface area contributed by atoms with Crippen LogP contribution in [-0.2, 0) is 0 Å². The van der Waals surface area contributed by atoms with E-state index in [4.69, 9.17) is 11.6 Å². The number of nitrogens with one attached hydrogen (secondary N) is 2. The predicted octanol–water partition coefficient (Wildman–Crippen LogP) is 2.45. The van der Waals surface area contributed by atoms with Crippen LogP contribution in [0.2, 0.25) is 5.02 Å². The fraction of sp³-hybridized carbons (Fsp3) is 0. The number of anilines is 1. The Bertz CT molecular complexity index is 513. The number of hydrogen-bond donors (Lipinski definition) is 2. The Hall–Kier alpha value is -1.88. The molecule has 1 heterocycles. The van der Waals surface area contributed by atoms with E-state index in [1.807, 2.05) is 0 Å². The van der Waals surface area contributed by atoms with E-state index < -0.39 is 11.7 Å². The minimum atomic E-state index is -0.626. The Kier molecular flexibility index (Phi) is 2.87. The highest BCUT2D eigenvalue weighted by Crippen LogP contribution is 2.20. The van der Waals surface area contributed by atoms with Gasteiger partial charge in [-0.2, -0.15) is 5.10 Å². The third-order valence-corrected chi connectivity index (χ3v) is 2.33. The van der Waals surface area contributed by atoms with Crippen LogP contribution in [0.4, 0.5) is 10.2 Å². The molecular weight excluding hydrogens is 233 g/mol. The zero-order chi connectivity index (χ0) is 11.5. The standard InChI is InChI=1S/C10H7ClFN3O/c11-9-6(2-1-3-7(9)12)10(16)14-8-4-5-13-15-8/h1-5H,(H2,13,14,15,16). The number of H-pyrrole nitrogens is 1. The Morgan fingerprint density at radius 2 is 2.25 bits per heavy atom. The van der Waals surface area contributed by atoms with Crippen LogP contribution in [0.1, 0.15) is 10.4 Å². The summed E-state index contributed by atoms with van der Waals surface area (Å²) in [6.45, 7) is 0. The Morgan fingerprint density at radius 1 is 1.44 bits per heavy atom. The van der Waals surface area contributed by atoms with Crippen LogP contribution >= 0.6 is 11.6 Å². The number of rotatable bonds is 2. The van der Waals surface area contributed by atoms with Gasteiger partial charge in [0.1, 0.15) is 11.6 Å². The second-order valence-electron chi connectivity index (χ2n) is 3.03. The summed E-state index contributed by atoms with van der Waals surface area (Å²) in [5.74, 6) is -0.696. The van der Waals surface area contributed by atoms with E-state index in [2.05, 4.69) is 15.5 Å². The zero-order valence-corrected chi connectivity index (χ0v) is 8.75. The zero-order valence-electron chi connectivity index (χ0n) is 8.00. The van der Waals surface area contributed by atoms with Gasteiger partial charge in [0.15, 0.2) is 0 Å². The van der Waals surface area contributed by atoms with Crippen LogP contribution in [0.3, 0.4) is 0 Å². The molecule has 0 unspecified atom stereocenters. The first-order valence-corrected chi connectivity index (χ1v) is 4.81. The SMILES string of the molecule is O=C(Nc1ccn[nH]1)c1cccc(F)c1Cl. The lowest BCUT2D eigenvalue weighted by Crippen LogP contribution is -2.13. The highest BCUT2D eigenvalue weighted by Gasteiger charge is 2.13. The summed E-state index contributed by atoms with van der Waals surface area (Å²) < 4.78 is 13.1. The van der Waals surface area contributed by atoms with Gasteiger partial charge in [-0.3, -0.25) is 9.89 Å². The first-order chi connectivity index (χ1) is 7.68. The molecule has 0 saturated heterocycles. The van der Waals surface area contributed by atoms with Crippen molar-refractivity contribution >= 4 is 23.3 Å². The number of benzene rings is 1. The lowest BCUT2D eigenvalue weighted by Gasteiger charge is -2.04. The Morgan fingerprint density at radius 3 is 2.94 bits per heavy atom. The molecule has 0 radical (unpaired) electrons. The van der Waals surface area contributed by atoms with Gasteiger partial charge < -0.3 is 5.32 Å². The summed E-state index contributed by atoms with van der Waals surface area (Å²) in [6.07, 6.45) is 1.49. The molecule has 0 aliphatic heterocycles. The van der Waals surface area contributed by atoms with E-state index in [-0.39, 0.29) is 10.6 Å². The van der Waals surface area contributed by atoms with Gasteiger partial charge in [0.2, 0.25) is 0 Å². The Labute approximate surface area is 95.4 Å². The fourth-order valence-corrected chi connectivity index (χ4v) is 1.41. The van der Waals surface area contributed by atoms with Gasteiger partial charge in [-0.25, -0.2) is 4.39 Å². The van der Waals surface area contributed by atoms with Crippen LogP contribution in [0.25, 0.3) is 0 Å². The van der Waals surface area contributed by atoms with Crippen LogP contribution < -0.4 is 5.32 Å². The maximum atomic E-state index is 13.1. The molecule has 82 valence electrons. The first-order valence-electron chi connectivity index (χ1n) is 4.43. The van der Waals surface area contributed by atoms with Gasteiger partial charge in [-0.15, -0.1) is 0 Å². The van der Waals surface area contributed by atoms with Crippen molar-refractivity contribution in [1.29, 1.82) is 0 Å². The van der Waals surface area contributed by atoms with Crippen LogP contribution in [0.5, 0.6) is 0 Å². The van der Waals surface area contributed by atoms with E-state index in [1.54, 1.807) is 6.07 Å². The number of carbonyl (C=O) groups is 1. The predicted molar refractivity (Wildman–Crippen MR) is 58.0 cm³/mol. The molecule has 0 aliphatic rings. The van der Waals surface area contributed by atoms with Gasteiger partial charge in [0.05, 0.1) is 16.8 Å². The van der Waals surface area contributed by atoms with Crippen molar-refractivity contribution in [2.75, 3.05) is 5.32 Å². The van der Waals surface area contributed by atoms with Gasteiger partial charge in [0.25, 0.3) is 5.91 Å². The molecule has 6 heteroatoms. The summed E-state index contributed by atoms with van der Waals surface area (Å²) in [7, 11) is 0. The number of aromatic amines is 1. The third-order valence-electron chi connectivity index (χ3n) is 1.95. The monoisotopic (exact) mass is 239 g/mol. The van der Waals surface area contributed by atoms with Gasteiger partial charge in [0, 0.05) is 6.07 Å². The molecule has 16 heavy (non-hydrogen) atoms. The largest absolute Gasteiger partial charge is 0.307 e. The smallest absolute Gasteiger partial charge is 0.258 e. The molecular formula is C10H7ClFN3O. The Balaban J connectivity index is 2.24. The van der Waals surface area contributed by atoms with Crippen LogP contribution in [0, 0.1) is 5.82 Å².